The third kappa shape index (κ3) is 8.14. The lowest BCUT2D eigenvalue weighted by Gasteiger charge is -2.38. The van der Waals surface area contributed by atoms with Gasteiger partial charge in [-0.1, -0.05) is 18.2 Å². The molecule has 1 N–H and O–H groups in total. The Morgan fingerprint density at radius 2 is 1.69 bits per heavy atom. The smallest absolute Gasteiger partial charge is 0.306 e. The van der Waals surface area contributed by atoms with Crippen LogP contribution in [0.3, 0.4) is 0 Å². The number of nitrogens with zero attached hydrogens (tertiary/aromatic N) is 4. The first kappa shape index (κ1) is 28.8. The van der Waals surface area contributed by atoms with E-state index in [1.807, 2.05) is 36.4 Å². The second-order valence-corrected chi connectivity index (χ2v) is 10.0. The number of pyridine rings is 1. The second kappa shape index (κ2) is 14.8. The quantitative estimate of drug-likeness (QED) is 0.303. The van der Waals surface area contributed by atoms with Crippen molar-refractivity contribution < 1.29 is 28.9 Å². The van der Waals surface area contributed by atoms with E-state index < -0.39 is 5.97 Å². The van der Waals surface area contributed by atoms with Gasteiger partial charge in [-0.3, -0.25) is 19.4 Å². The van der Waals surface area contributed by atoms with E-state index in [4.69, 9.17) is 14.2 Å². The third-order valence-corrected chi connectivity index (χ3v) is 7.57. The first-order valence-electron chi connectivity index (χ1n) is 13.8. The van der Waals surface area contributed by atoms with Crippen molar-refractivity contribution >= 4 is 23.4 Å². The number of para-hydroxylation sites is 2. The average Bonchev–Trinajstić information content (AvgIpc) is 2.98. The topological polar surface area (TPSA) is 105 Å². The van der Waals surface area contributed by atoms with Gasteiger partial charge in [0.1, 0.15) is 11.6 Å². The van der Waals surface area contributed by atoms with Crippen LogP contribution in [0.25, 0.3) is 0 Å². The molecule has 10 heteroatoms. The van der Waals surface area contributed by atoms with Crippen LogP contribution in [0, 0.1) is 11.8 Å². The summed E-state index contributed by atoms with van der Waals surface area (Å²) in [7, 11) is 1.64. The minimum Gasteiger partial charge on any atom is -0.481 e. The van der Waals surface area contributed by atoms with Gasteiger partial charge in [-0.25, -0.2) is 4.98 Å². The highest BCUT2D eigenvalue weighted by atomic mass is 16.7. The molecule has 212 valence electrons. The molecule has 0 bridgehead atoms. The molecule has 0 unspecified atom stereocenters. The lowest BCUT2D eigenvalue weighted by Crippen LogP contribution is -2.50. The minimum absolute atomic E-state index is 0.0509. The van der Waals surface area contributed by atoms with Crippen LogP contribution in [0.1, 0.15) is 25.7 Å². The Morgan fingerprint density at radius 1 is 0.974 bits per heavy atom. The van der Waals surface area contributed by atoms with Gasteiger partial charge in [0.15, 0.2) is 6.79 Å². The van der Waals surface area contributed by atoms with Gasteiger partial charge in [0.25, 0.3) is 0 Å². The Kier molecular flexibility index (Phi) is 10.9. The molecule has 2 fully saturated rings. The number of ether oxygens (including phenoxy) is 3. The number of carboxylic acid groups (broad SMARTS) is 1. The van der Waals surface area contributed by atoms with Gasteiger partial charge in [0.05, 0.1) is 24.8 Å². The molecule has 2 heterocycles. The molecular formula is C29H40N4O6. The molecule has 1 aromatic carbocycles. The summed E-state index contributed by atoms with van der Waals surface area (Å²) in [6.45, 7) is 5.92. The summed E-state index contributed by atoms with van der Waals surface area (Å²) in [4.78, 5) is 35.8. The Hall–Kier alpha value is -3.21. The minimum atomic E-state index is -0.758. The number of anilines is 2. The molecule has 4 rings (SSSR count). The van der Waals surface area contributed by atoms with Crippen molar-refractivity contribution in [2.45, 2.75) is 25.7 Å². The van der Waals surface area contributed by atoms with E-state index in [0.29, 0.717) is 51.3 Å². The molecule has 0 atom stereocenters. The van der Waals surface area contributed by atoms with Crippen molar-refractivity contribution in [1.82, 2.24) is 9.88 Å². The van der Waals surface area contributed by atoms with Crippen molar-refractivity contribution in [1.29, 1.82) is 0 Å². The number of carboxylic acids is 1. The predicted molar refractivity (Wildman–Crippen MR) is 148 cm³/mol. The van der Waals surface area contributed by atoms with Gasteiger partial charge in [-0.15, -0.1) is 0 Å². The fourth-order valence-electron chi connectivity index (χ4n) is 5.26. The molecule has 0 radical (unpaired) electrons. The van der Waals surface area contributed by atoms with Crippen molar-refractivity contribution in [3.63, 3.8) is 0 Å². The number of carbonyl (C=O) groups excluding carboxylic acids is 1. The van der Waals surface area contributed by atoms with E-state index in [0.717, 1.165) is 44.2 Å². The molecule has 39 heavy (non-hydrogen) atoms. The zero-order chi connectivity index (χ0) is 27.5. The number of hydrogen-bond donors (Lipinski definition) is 1. The molecule has 1 aromatic heterocycles. The van der Waals surface area contributed by atoms with Crippen molar-refractivity contribution in [2.75, 3.05) is 76.2 Å². The predicted octanol–water partition coefficient (Wildman–Crippen LogP) is 3.13. The van der Waals surface area contributed by atoms with Crippen LogP contribution in [0.15, 0.2) is 48.7 Å². The van der Waals surface area contributed by atoms with E-state index in [9.17, 15) is 14.7 Å². The molecular weight excluding hydrogens is 500 g/mol. The summed E-state index contributed by atoms with van der Waals surface area (Å²) in [6, 6.07) is 13.6. The molecule has 2 aliphatic rings. The fraction of sp³-hybridized carbons (Fsp3) is 0.552. The maximum Gasteiger partial charge on any atom is 0.306 e. The molecule has 1 amide bonds. The van der Waals surface area contributed by atoms with Gasteiger partial charge < -0.3 is 24.2 Å². The molecule has 2 aromatic rings. The number of aromatic nitrogens is 1. The number of rotatable bonds is 13. The van der Waals surface area contributed by atoms with Gasteiger partial charge in [0, 0.05) is 58.5 Å². The van der Waals surface area contributed by atoms with Gasteiger partial charge in [-0.2, -0.15) is 0 Å². The van der Waals surface area contributed by atoms with Crippen molar-refractivity contribution in [2.24, 2.45) is 11.8 Å². The molecule has 1 saturated heterocycles. The largest absolute Gasteiger partial charge is 0.481 e. The number of carbonyl (C=O) groups is 2. The van der Waals surface area contributed by atoms with Crippen molar-refractivity contribution in [3.8, 4) is 5.75 Å². The fourth-order valence-corrected chi connectivity index (χ4v) is 5.26. The number of piperazine rings is 1. The number of amides is 1. The lowest BCUT2D eigenvalue weighted by atomic mass is 9.81. The average molecular weight is 541 g/mol. The Morgan fingerprint density at radius 3 is 2.38 bits per heavy atom. The number of aliphatic carboxylic acids is 1. The van der Waals surface area contributed by atoms with Crippen LogP contribution in [0.5, 0.6) is 5.75 Å². The maximum absolute atomic E-state index is 13.5. The van der Waals surface area contributed by atoms with Crippen LogP contribution in [-0.4, -0.2) is 93.3 Å². The summed E-state index contributed by atoms with van der Waals surface area (Å²) in [6.07, 6.45) is 4.02. The van der Waals surface area contributed by atoms with Crippen LogP contribution < -0.4 is 14.5 Å². The van der Waals surface area contributed by atoms with E-state index in [-0.39, 0.29) is 24.5 Å². The first-order valence-corrected chi connectivity index (χ1v) is 13.8. The summed E-state index contributed by atoms with van der Waals surface area (Å²) < 4.78 is 16.3. The molecule has 0 spiro atoms. The third-order valence-electron chi connectivity index (χ3n) is 7.57. The van der Waals surface area contributed by atoms with E-state index in [1.54, 1.807) is 18.2 Å². The zero-order valence-corrected chi connectivity index (χ0v) is 22.7. The Bertz CT molecular complexity index is 1040. The highest BCUT2D eigenvalue weighted by molar-refractivity contribution is 5.94. The molecule has 1 saturated carbocycles. The summed E-state index contributed by atoms with van der Waals surface area (Å²) in [5.74, 6) is 0.246. The van der Waals surface area contributed by atoms with Crippen LogP contribution in [0.2, 0.25) is 0 Å². The van der Waals surface area contributed by atoms with Gasteiger partial charge >= 0.3 is 5.97 Å². The normalized spacial score (nSPS) is 20.0. The lowest BCUT2D eigenvalue weighted by molar-refractivity contribution is -0.144. The highest BCUT2D eigenvalue weighted by Crippen LogP contribution is 2.32. The Balaban J connectivity index is 1.30. The summed E-state index contributed by atoms with van der Waals surface area (Å²) in [5.41, 5.74) is 1.05. The number of methoxy groups -OCH3 is 1. The molecule has 10 nitrogen and oxygen atoms in total. The highest BCUT2D eigenvalue weighted by Gasteiger charge is 2.33. The van der Waals surface area contributed by atoms with Crippen LogP contribution in [0.4, 0.5) is 11.5 Å². The molecule has 1 aliphatic carbocycles. The van der Waals surface area contributed by atoms with Gasteiger partial charge in [-0.05, 0) is 49.9 Å². The number of hydrogen-bond acceptors (Lipinski definition) is 8. The van der Waals surface area contributed by atoms with Crippen LogP contribution in [-0.2, 0) is 19.1 Å². The SMILES string of the molecule is COCCOCOc1ccccc1N1CCN(CCN(C(=O)C2CCC(C(=O)O)CC2)c2ccccn2)CC1. The summed E-state index contributed by atoms with van der Waals surface area (Å²) >= 11 is 0. The standard InChI is InChI=1S/C29H40N4O6/c1-37-20-21-38-22-39-26-7-3-2-6-25(26)32-17-14-31(15-18-32)16-19-33(27-8-4-5-13-30-27)28(34)23-9-11-24(12-10-23)29(35)36/h2-8,13,23-24H,9-12,14-22H2,1H3,(H,35,36). The summed E-state index contributed by atoms with van der Waals surface area (Å²) in [5, 5.41) is 9.32. The zero-order valence-electron chi connectivity index (χ0n) is 22.7. The van der Waals surface area contributed by atoms with Crippen LogP contribution >= 0.6 is 0 Å². The first-order chi connectivity index (χ1) is 19.1. The van der Waals surface area contributed by atoms with E-state index in [2.05, 4.69) is 20.9 Å². The van der Waals surface area contributed by atoms with Gasteiger partial charge in [0.2, 0.25) is 5.91 Å². The second-order valence-electron chi connectivity index (χ2n) is 10.0. The Labute approximate surface area is 230 Å². The monoisotopic (exact) mass is 540 g/mol. The van der Waals surface area contributed by atoms with Crippen molar-refractivity contribution in [3.05, 3.63) is 48.7 Å². The van der Waals surface area contributed by atoms with E-state index >= 15 is 0 Å². The number of benzene rings is 1. The molecule has 1 aliphatic heterocycles. The van der Waals surface area contributed by atoms with E-state index in [1.165, 1.54) is 0 Å². The maximum atomic E-state index is 13.5.